The highest BCUT2D eigenvalue weighted by molar-refractivity contribution is 7.89. The van der Waals surface area contributed by atoms with Gasteiger partial charge in [0.15, 0.2) is 0 Å². The Labute approximate surface area is 107 Å². The predicted octanol–water partition coefficient (Wildman–Crippen LogP) is 2.24. The van der Waals surface area contributed by atoms with E-state index in [2.05, 4.69) is 4.74 Å². The summed E-state index contributed by atoms with van der Waals surface area (Å²) in [5, 5.41) is -0.867. The van der Waals surface area contributed by atoms with Crippen LogP contribution in [0.25, 0.3) is 0 Å². The Kier molecular flexibility index (Phi) is 4.60. The van der Waals surface area contributed by atoms with Crippen molar-refractivity contribution in [2.24, 2.45) is 0 Å². The lowest BCUT2D eigenvalue weighted by Crippen LogP contribution is -2.26. The molecular formula is C9H9ClF3NO3S. The van der Waals surface area contributed by atoms with Crippen LogP contribution >= 0.6 is 11.6 Å². The second-order valence-electron chi connectivity index (χ2n) is 3.20. The third kappa shape index (κ3) is 3.35. The molecule has 0 saturated heterocycles. The fourth-order valence-electron chi connectivity index (χ4n) is 1.15. The van der Waals surface area contributed by atoms with Crippen molar-refractivity contribution in [3.63, 3.8) is 0 Å². The topological polar surface area (TPSA) is 55.4 Å². The maximum Gasteiger partial charge on any atom is 0.417 e. The van der Waals surface area contributed by atoms with Crippen molar-refractivity contribution in [1.29, 1.82) is 0 Å². The molecule has 0 aliphatic carbocycles. The molecule has 0 aromatic heterocycles. The molecule has 1 N–H and O–H groups in total. The standard InChI is InChI=1S/C9H9ClF3NO3S/c1-17-5-14-18(15,16)7-4-2-3-6(8(7)10)9(11,12)13/h2-4,14H,5H2,1H3. The molecule has 0 bridgehead atoms. The van der Waals surface area contributed by atoms with Gasteiger partial charge in [0.05, 0.1) is 10.6 Å². The van der Waals surface area contributed by atoms with Gasteiger partial charge in [-0.25, -0.2) is 8.42 Å². The van der Waals surface area contributed by atoms with Gasteiger partial charge in [-0.1, -0.05) is 17.7 Å². The van der Waals surface area contributed by atoms with Crippen molar-refractivity contribution in [2.75, 3.05) is 13.8 Å². The summed E-state index contributed by atoms with van der Waals surface area (Å²) in [7, 11) is -2.91. The van der Waals surface area contributed by atoms with E-state index in [-0.39, 0.29) is 6.73 Å². The summed E-state index contributed by atoms with van der Waals surface area (Å²) in [4.78, 5) is -0.643. The van der Waals surface area contributed by atoms with E-state index in [4.69, 9.17) is 11.6 Å². The first kappa shape index (κ1) is 15.2. The zero-order valence-electron chi connectivity index (χ0n) is 9.08. The number of hydrogen-bond acceptors (Lipinski definition) is 3. The highest BCUT2D eigenvalue weighted by Crippen LogP contribution is 2.37. The molecule has 0 aliphatic rings. The molecule has 1 rings (SSSR count). The van der Waals surface area contributed by atoms with Crippen LogP contribution in [0.2, 0.25) is 5.02 Å². The van der Waals surface area contributed by atoms with Crippen molar-refractivity contribution >= 4 is 21.6 Å². The van der Waals surface area contributed by atoms with Crippen molar-refractivity contribution in [3.8, 4) is 0 Å². The minimum atomic E-state index is -4.72. The van der Waals surface area contributed by atoms with Crippen molar-refractivity contribution in [3.05, 3.63) is 28.8 Å². The zero-order chi connectivity index (χ0) is 14.0. The van der Waals surface area contributed by atoms with Gasteiger partial charge < -0.3 is 4.74 Å². The molecule has 4 nitrogen and oxygen atoms in total. The van der Waals surface area contributed by atoms with Crippen LogP contribution in [-0.2, 0) is 20.9 Å². The van der Waals surface area contributed by atoms with E-state index in [1.165, 1.54) is 7.11 Å². The highest BCUT2D eigenvalue weighted by Gasteiger charge is 2.35. The molecule has 0 heterocycles. The molecule has 102 valence electrons. The number of sulfonamides is 1. The second kappa shape index (κ2) is 5.43. The van der Waals surface area contributed by atoms with E-state index >= 15 is 0 Å². The molecule has 18 heavy (non-hydrogen) atoms. The lowest BCUT2D eigenvalue weighted by atomic mass is 10.2. The van der Waals surface area contributed by atoms with Crippen LogP contribution < -0.4 is 4.72 Å². The molecule has 1 aromatic carbocycles. The summed E-state index contributed by atoms with van der Waals surface area (Å²) in [5.41, 5.74) is -1.20. The third-order valence-electron chi connectivity index (χ3n) is 1.95. The van der Waals surface area contributed by atoms with Gasteiger partial charge in [0.1, 0.15) is 11.6 Å². The van der Waals surface area contributed by atoms with Gasteiger partial charge in [-0.2, -0.15) is 17.9 Å². The van der Waals surface area contributed by atoms with Crippen LogP contribution in [-0.4, -0.2) is 22.3 Å². The van der Waals surface area contributed by atoms with Crippen molar-refractivity contribution < 1.29 is 26.3 Å². The highest BCUT2D eigenvalue weighted by atomic mass is 35.5. The van der Waals surface area contributed by atoms with Gasteiger partial charge >= 0.3 is 6.18 Å². The Balaban J connectivity index is 3.28. The van der Waals surface area contributed by atoms with E-state index in [0.717, 1.165) is 12.1 Å². The first-order valence-corrected chi connectivity index (χ1v) is 6.40. The fourth-order valence-corrected chi connectivity index (χ4v) is 2.72. The average molecular weight is 304 g/mol. The maximum atomic E-state index is 12.5. The van der Waals surface area contributed by atoms with E-state index in [1.807, 2.05) is 4.72 Å². The number of rotatable bonds is 4. The lowest BCUT2D eigenvalue weighted by Gasteiger charge is -2.12. The summed E-state index contributed by atoms with van der Waals surface area (Å²) >= 11 is 5.48. The first-order valence-electron chi connectivity index (χ1n) is 4.54. The predicted molar refractivity (Wildman–Crippen MR) is 58.7 cm³/mol. The largest absolute Gasteiger partial charge is 0.417 e. The van der Waals surface area contributed by atoms with Crippen molar-refractivity contribution in [2.45, 2.75) is 11.1 Å². The molecule has 0 radical (unpaired) electrons. The van der Waals surface area contributed by atoms with Crippen LogP contribution in [0.1, 0.15) is 5.56 Å². The van der Waals surface area contributed by atoms with Crippen LogP contribution in [0.3, 0.4) is 0 Å². The quantitative estimate of drug-likeness (QED) is 0.868. The van der Waals surface area contributed by atoms with E-state index < -0.39 is 31.7 Å². The van der Waals surface area contributed by atoms with Crippen LogP contribution in [0, 0.1) is 0 Å². The number of nitrogens with one attached hydrogen (secondary N) is 1. The average Bonchev–Trinajstić information content (AvgIpc) is 2.25. The smallest absolute Gasteiger partial charge is 0.369 e. The number of halogens is 4. The van der Waals surface area contributed by atoms with E-state index in [0.29, 0.717) is 6.07 Å². The van der Waals surface area contributed by atoms with Crippen LogP contribution in [0.4, 0.5) is 13.2 Å². The molecule has 0 atom stereocenters. The van der Waals surface area contributed by atoms with Gasteiger partial charge in [-0.05, 0) is 12.1 Å². The summed E-state index contributed by atoms with van der Waals surface area (Å²) < 4.78 is 67.4. The van der Waals surface area contributed by atoms with Crippen LogP contribution in [0.15, 0.2) is 23.1 Å². The maximum absolute atomic E-state index is 12.5. The summed E-state index contributed by atoms with van der Waals surface area (Å²) in [6, 6.07) is 2.66. The Hall–Kier alpha value is -0.830. The second-order valence-corrected chi connectivity index (χ2v) is 5.31. The Morgan fingerprint density at radius 1 is 1.39 bits per heavy atom. The normalized spacial score (nSPS) is 12.7. The number of hydrogen-bond donors (Lipinski definition) is 1. The van der Waals surface area contributed by atoms with Gasteiger partial charge in [0, 0.05) is 7.11 Å². The number of alkyl halides is 3. The molecule has 0 saturated carbocycles. The zero-order valence-corrected chi connectivity index (χ0v) is 10.7. The Bertz CT molecular complexity index is 530. The molecule has 1 aromatic rings. The van der Waals surface area contributed by atoms with Gasteiger partial charge in [-0.3, -0.25) is 0 Å². The Morgan fingerprint density at radius 2 is 2.00 bits per heavy atom. The minimum absolute atomic E-state index is 0.366. The number of ether oxygens (including phenoxy) is 1. The van der Waals surface area contributed by atoms with Crippen LogP contribution in [0.5, 0.6) is 0 Å². The molecule has 0 fully saturated rings. The molecule has 0 unspecified atom stereocenters. The third-order valence-corrected chi connectivity index (χ3v) is 3.89. The summed E-state index contributed by atoms with van der Waals surface area (Å²) in [5.74, 6) is 0. The Morgan fingerprint density at radius 3 is 2.50 bits per heavy atom. The number of methoxy groups -OCH3 is 1. The minimum Gasteiger partial charge on any atom is -0.369 e. The summed E-state index contributed by atoms with van der Waals surface area (Å²) in [6.45, 7) is -0.366. The van der Waals surface area contributed by atoms with E-state index in [1.54, 1.807) is 0 Å². The van der Waals surface area contributed by atoms with Gasteiger partial charge in [0.25, 0.3) is 0 Å². The molecule has 0 aliphatic heterocycles. The molecule has 0 spiro atoms. The van der Waals surface area contributed by atoms with Crippen molar-refractivity contribution in [1.82, 2.24) is 4.72 Å². The van der Waals surface area contributed by atoms with Gasteiger partial charge in [0.2, 0.25) is 10.0 Å². The SMILES string of the molecule is COCNS(=O)(=O)c1cccc(C(F)(F)F)c1Cl. The molecule has 9 heteroatoms. The number of benzene rings is 1. The van der Waals surface area contributed by atoms with Gasteiger partial charge in [-0.15, -0.1) is 0 Å². The monoisotopic (exact) mass is 303 g/mol. The first-order chi connectivity index (χ1) is 8.20. The molecular weight excluding hydrogens is 295 g/mol. The molecule has 0 amide bonds. The summed E-state index contributed by atoms with van der Waals surface area (Å²) in [6.07, 6.45) is -4.72. The fraction of sp³-hybridized carbons (Fsp3) is 0.333. The van der Waals surface area contributed by atoms with E-state index in [9.17, 15) is 21.6 Å². The lowest BCUT2D eigenvalue weighted by molar-refractivity contribution is -0.137.